The maximum atomic E-state index is 11.8. The molecule has 0 N–H and O–H groups in total. The first-order chi connectivity index (χ1) is 6.31. The number of hydrogen-bond acceptors (Lipinski definition) is 2. The van der Waals surface area contributed by atoms with E-state index in [0.717, 1.165) is 6.42 Å². The van der Waals surface area contributed by atoms with Gasteiger partial charge in [0, 0.05) is 18.6 Å². The summed E-state index contributed by atoms with van der Waals surface area (Å²) in [6, 6.07) is 0. The van der Waals surface area contributed by atoms with Crippen LogP contribution in [0.5, 0.6) is 0 Å². The van der Waals surface area contributed by atoms with Crippen LogP contribution in [0.25, 0.3) is 0 Å². The molecule has 1 atom stereocenters. The summed E-state index contributed by atoms with van der Waals surface area (Å²) in [5, 5.41) is 0. The number of rotatable bonds is 3. The Balaban J connectivity index is 2.28. The van der Waals surface area contributed by atoms with Crippen molar-refractivity contribution >= 4 is 17.5 Å². The van der Waals surface area contributed by atoms with Gasteiger partial charge in [-0.05, 0) is 18.3 Å². The lowest BCUT2D eigenvalue weighted by Crippen LogP contribution is -2.14. The second-order valence-electron chi connectivity index (χ2n) is 4.07. The van der Waals surface area contributed by atoms with Crippen molar-refractivity contribution in [3.05, 3.63) is 0 Å². The van der Waals surface area contributed by atoms with Gasteiger partial charge in [0.25, 0.3) is 0 Å². The quantitative estimate of drug-likeness (QED) is 0.733. The molecule has 1 nitrogen and oxygen atoms in total. The van der Waals surface area contributed by atoms with E-state index in [1.165, 1.54) is 0 Å². The molecule has 1 aliphatic rings. The molecule has 0 bridgehead atoms. The summed E-state index contributed by atoms with van der Waals surface area (Å²) in [4.78, 5) is 11.0. The van der Waals surface area contributed by atoms with Gasteiger partial charge in [-0.3, -0.25) is 4.79 Å². The van der Waals surface area contributed by atoms with E-state index in [1.54, 1.807) is 0 Å². The van der Waals surface area contributed by atoms with Crippen LogP contribution in [0.3, 0.4) is 0 Å². The number of carbonyl (C=O) groups excluding carboxylic acids is 1. The highest BCUT2D eigenvalue weighted by molar-refractivity contribution is 8.00. The first-order valence-corrected chi connectivity index (χ1v) is 5.52. The van der Waals surface area contributed by atoms with Crippen LogP contribution >= 0.6 is 11.8 Å². The summed E-state index contributed by atoms with van der Waals surface area (Å²) in [7, 11) is 0. The fourth-order valence-corrected chi connectivity index (χ4v) is 2.55. The Morgan fingerprint density at radius 3 is 2.57 bits per heavy atom. The third-order valence-corrected chi connectivity index (χ3v) is 3.34. The van der Waals surface area contributed by atoms with Crippen LogP contribution in [-0.2, 0) is 4.79 Å². The predicted molar refractivity (Wildman–Crippen MR) is 50.1 cm³/mol. The molecule has 1 saturated carbocycles. The van der Waals surface area contributed by atoms with E-state index in [1.807, 2.05) is 6.92 Å². The molecule has 0 aromatic heterocycles. The molecule has 14 heavy (non-hydrogen) atoms. The summed E-state index contributed by atoms with van der Waals surface area (Å²) in [6.45, 7) is 1.90. The van der Waals surface area contributed by atoms with Gasteiger partial charge >= 0.3 is 5.51 Å². The third-order valence-electron chi connectivity index (χ3n) is 2.60. The molecule has 0 aromatic rings. The standard InChI is InChI=1S/C9H13F3OS/c1-8(3-2-7(13)6-8)4-5-14-9(10,11)12/h2-6H2,1H3. The van der Waals surface area contributed by atoms with Gasteiger partial charge in [0.1, 0.15) is 5.78 Å². The van der Waals surface area contributed by atoms with Gasteiger partial charge in [-0.2, -0.15) is 13.2 Å². The predicted octanol–water partition coefficient (Wildman–Crippen LogP) is 3.39. The maximum Gasteiger partial charge on any atom is 0.441 e. The molecule has 5 heteroatoms. The van der Waals surface area contributed by atoms with Gasteiger partial charge in [-0.15, -0.1) is 0 Å². The topological polar surface area (TPSA) is 17.1 Å². The number of hydrogen-bond donors (Lipinski definition) is 0. The van der Waals surface area contributed by atoms with Crippen molar-refractivity contribution in [1.29, 1.82) is 0 Å². The maximum absolute atomic E-state index is 11.8. The van der Waals surface area contributed by atoms with Crippen molar-refractivity contribution in [1.82, 2.24) is 0 Å². The molecule has 0 radical (unpaired) electrons. The number of halogens is 3. The van der Waals surface area contributed by atoms with E-state index < -0.39 is 5.51 Å². The molecule has 0 heterocycles. The van der Waals surface area contributed by atoms with Crippen molar-refractivity contribution in [2.45, 2.75) is 38.1 Å². The summed E-state index contributed by atoms with van der Waals surface area (Å²) >= 11 is 0.00889. The van der Waals surface area contributed by atoms with Crippen molar-refractivity contribution in [2.24, 2.45) is 5.41 Å². The molecule has 1 unspecified atom stereocenters. The van der Waals surface area contributed by atoms with E-state index >= 15 is 0 Å². The van der Waals surface area contributed by atoms with Crippen LogP contribution in [-0.4, -0.2) is 17.0 Å². The van der Waals surface area contributed by atoms with E-state index in [4.69, 9.17) is 0 Å². The molecule has 0 amide bonds. The van der Waals surface area contributed by atoms with Crippen molar-refractivity contribution in [3.8, 4) is 0 Å². The average Bonchev–Trinajstić information content (AvgIpc) is 2.28. The van der Waals surface area contributed by atoms with Crippen LogP contribution < -0.4 is 0 Å². The third kappa shape index (κ3) is 3.90. The largest absolute Gasteiger partial charge is 0.441 e. The highest BCUT2D eigenvalue weighted by Gasteiger charge is 2.35. The van der Waals surface area contributed by atoms with Gasteiger partial charge in [-0.1, -0.05) is 18.7 Å². The Labute approximate surface area is 85.4 Å². The Morgan fingerprint density at radius 2 is 2.14 bits per heavy atom. The Hall–Kier alpha value is -0.190. The molecular formula is C9H13F3OS. The summed E-state index contributed by atoms with van der Waals surface area (Å²) in [5.41, 5.74) is -4.33. The zero-order valence-electron chi connectivity index (χ0n) is 7.99. The Bertz CT molecular complexity index is 227. The zero-order chi connectivity index (χ0) is 10.8. The van der Waals surface area contributed by atoms with Crippen molar-refractivity contribution in [2.75, 3.05) is 5.75 Å². The van der Waals surface area contributed by atoms with E-state index in [2.05, 4.69) is 0 Å². The Kier molecular flexibility index (Phi) is 3.50. The fraction of sp³-hybridized carbons (Fsp3) is 0.889. The molecule has 0 saturated heterocycles. The number of ketones is 1. The van der Waals surface area contributed by atoms with Gasteiger partial charge in [0.2, 0.25) is 0 Å². The molecule has 0 aliphatic heterocycles. The summed E-state index contributed by atoms with van der Waals surface area (Å²) < 4.78 is 35.5. The lowest BCUT2D eigenvalue weighted by molar-refractivity contribution is -0.117. The minimum absolute atomic E-state index is 0.00889. The van der Waals surface area contributed by atoms with E-state index in [9.17, 15) is 18.0 Å². The highest BCUT2D eigenvalue weighted by Crippen LogP contribution is 2.41. The monoisotopic (exact) mass is 226 g/mol. The molecule has 0 aromatic carbocycles. The first kappa shape index (κ1) is 11.9. The second-order valence-corrected chi connectivity index (χ2v) is 5.23. The molecular weight excluding hydrogens is 213 g/mol. The van der Waals surface area contributed by atoms with Crippen LogP contribution in [0.15, 0.2) is 0 Å². The van der Waals surface area contributed by atoms with Crippen LogP contribution in [0, 0.1) is 5.41 Å². The van der Waals surface area contributed by atoms with Gasteiger partial charge in [0.05, 0.1) is 0 Å². The van der Waals surface area contributed by atoms with Gasteiger partial charge < -0.3 is 0 Å². The second kappa shape index (κ2) is 4.13. The van der Waals surface area contributed by atoms with Crippen LogP contribution in [0.4, 0.5) is 13.2 Å². The van der Waals surface area contributed by atoms with E-state index in [0.29, 0.717) is 19.3 Å². The minimum atomic E-state index is -4.14. The SMILES string of the molecule is CC1(CCSC(F)(F)F)CCC(=O)C1. The lowest BCUT2D eigenvalue weighted by Gasteiger charge is -2.22. The van der Waals surface area contributed by atoms with Gasteiger partial charge in [-0.25, -0.2) is 0 Å². The van der Waals surface area contributed by atoms with Crippen LogP contribution in [0.2, 0.25) is 0 Å². The summed E-state index contributed by atoms with van der Waals surface area (Å²) in [6.07, 6.45) is 2.20. The number of alkyl halides is 3. The molecule has 82 valence electrons. The van der Waals surface area contributed by atoms with E-state index in [-0.39, 0.29) is 28.7 Å². The molecule has 1 aliphatic carbocycles. The fourth-order valence-electron chi connectivity index (χ4n) is 1.72. The van der Waals surface area contributed by atoms with Crippen molar-refractivity contribution < 1.29 is 18.0 Å². The first-order valence-electron chi connectivity index (χ1n) is 4.53. The van der Waals surface area contributed by atoms with Gasteiger partial charge in [0.15, 0.2) is 0 Å². The normalized spacial score (nSPS) is 28.4. The average molecular weight is 226 g/mol. The highest BCUT2D eigenvalue weighted by atomic mass is 32.2. The Morgan fingerprint density at radius 1 is 1.50 bits per heavy atom. The van der Waals surface area contributed by atoms with Crippen LogP contribution in [0.1, 0.15) is 32.6 Å². The number of Topliss-reactive ketones (excluding diaryl/α,β-unsaturated/α-hetero) is 1. The molecule has 1 fully saturated rings. The summed E-state index contributed by atoms with van der Waals surface area (Å²) in [5.74, 6) is 0.248. The smallest absolute Gasteiger partial charge is 0.300 e. The number of thioether (sulfide) groups is 1. The molecule has 1 rings (SSSR count). The molecule has 0 spiro atoms. The van der Waals surface area contributed by atoms with Crippen molar-refractivity contribution in [3.63, 3.8) is 0 Å². The zero-order valence-corrected chi connectivity index (χ0v) is 8.80. The lowest BCUT2D eigenvalue weighted by atomic mass is 9.86. The number of carbonyl (C=O) groups is 1. The minimum Gasteiger partial charge on any atom is -0.300 e.